The van der Waals surface area contributed by atoms with Gasteiger partial charge in [-0.15, -0.1) is 11.3 Å². The summed E-state index contributed by atoms with van der Waals surface area (Å²) in [6.45, 7) is 6.53. The highest BCUT2D eigenvalue weighted by Crippen LogP contribution is 2.29. The Kier molecular flexibility index (Phi) is 5.03. The molecule has 1 aromatic carbocycles. The van der Waals surface area contributed by atoms with Gasteiger partial charge in [-0.25, -0.2) is 0 Å². The highest BCUT2D eigenvalue weighted by Gasteiger charge is 2.14. The highest BCUT2D eigenvalue weighted by atomic mass is 35.5. The van der Waals surface area contributed by atoms with Crippen LogP contribution in [0.3, 0.4) is 0 Å². The van der Waals surface area contributed by atoms with Crippen LogP contribution >= 0.6 is 22.9 Å². The Labute approximate surface area is 124 Å². The van der Waals surface area contributed by atoms with Crippen molar-refractivity contribution in [3.05, 3.63) is 56.7 Å². The highest BCUT2D eigenvalue weighted by molar-refractivity contribution is 7.16. The molecule has 1 nitrogen and oxygen atoms in total. The molecule has 0 saturated carbocycles. The Bertz CT molecular complexity index is 518. The Morgan fingerprint density at radius 1 is 1.16 bits per heavy atom. The van der Waals surface area contributed by atoms with Crippen molar-refractivity contribution in [2.24, 2.45) is 0 Å². The van der Waals surface area contributed by atoms with Crippen molar-refractivity contribution >= 4 is 22.9 Å². The molecule has 0 saturated heterocycles. The number of rotatable bonds is 5. The van der Waals surface area contributed by atoms with Crippen LogP contribution in [-0.2, 0) is 0 Å². The van der Waals surface area contributed by atoms with Gasteiger partial charge in [-0.3, -0.25) is 0 Å². The van der Waals surface area contributed by atoms with Crippen LogP contribution in [0.2, 0.25) is 4.34 Å². The lowest BCUT2D eigenvalue weighted by Crippen LogP contribution is -2.23. The van der Waals surface area contributed by atoms with E-state index in [2.05, 4.69) is 56.4 Å². The third-order valence-electron chi connectivity index (χ3n) is 3.36. The average Bonchev–Trinajstić information content (AvgIpc) is 2.84. The van der Waals surface area contributed by atoms with Crippen LogP contribution in [0.1, 0.15) is 48.4 Å². The molecule has 1 N–H and O–H groups in total. The lowest BCUT2D eigenvalue weighted by molar-refractivity contribution is 0.460. The molecule has 2 rings (SSSR count). The fourth-order valence-electron chi connectivity index (χ4n) is 2.19. The second-order valence-electron chi connectivity index (χ2n) is 4.90. The van der Waals surface area contributed by atoms with Crippen molar-refractivity contribution in [3.8, 4) is 0 Å². The van der Waals surface area contributed by atoms with Gasteiger partial charge in [0.2, 0.25) is 0 Å². The number of thiophene rings is 1. The first-order valence-corrected chi connectivity index (χ1v) is 7.87. The van der Waals surface area contributed by atoms with Crippen LogP contribution in [0.25, 0.3) is 0 Å². The molecule has 0 amide bonds. The van der Waals surface area contributed by atoms with Gasteiger partial charge in [-0.2, -0.15) is 0 Å². The van der Waals surface area contributed by atoms with Crippen LogP contribution in [0.5, 0.6) is 0 Å². The maximum atomic E-state index is 6.00. The topological polar surface area (TPSA) is 12.0 Å². The molecular weight excluding hydrogens is 274 g/mol. The molecular formula is C16H20ClNS. The predicted molar refractivity (Wildman–Crippen MR) is 85.1 cm³/mol. The van der Waals surface area contributed by atoms with Gasteiger partial charge in [0.1, 0.15) is 0 Å². The summed E-state index contributed by atoms with van der Waals surface area (Å²) < 4.78 is 0.854. The fraction of sp³-hybridized carbons (Fsp3) is 0.375. The molecule has 0 aliphatic rings. The van der Waals surface area contributed by atoms with Crippen molar-refractivity contribution < 1.29 is 0 Å². The minimum absolute atomic E-state index is 0.323. The summed E-state index contributed by atoms with van der Waals surface area (Å²) in [6.07, 6.45) is 1.08. The summed E-state index contributed by atoms with van der Waals surface area (Å²) in [4.78, 5) is 1.29. The third-order valence-corrected chi connectivity index (χ3v) is 4.77. The number of hydrogen-bond acceptors (Lipinski definition) is 2. The third kappa shape index (κ3) is 3.82. The maximum absolute atomic E-state index is 6.00. The van der Waals surface area contributed by atoms with Crippen LogP contribution < -0.4 is 5.32 Å². The molecule has 0 radical (unpaired) electrons. The largest absolute Gasteiger partial charge is 0.303 e. The number of aryl methyl sites for hydroxylation is 1. The van der Waals surface area contributed by atoms with Gasteiger partial charge in [0, 0.05) is 17.0 Å². The van der Waals surface area contributed by atoms with E-state index in [1.807, 2.05) is 6.07 Å². The lowest BCUT2D eigenvalue weighted by Gasteiger charge is -2.22. The Morgan fingerprint density at radius 2 is 1.84 bits per heavy atom. The van der Waals surface area contributed by atoms with Crippen molar-refractivity contribution in [1.29, 1.82) is 0 Å². The minimum Gasteiger partial charge on any atom is -0.303 e. The SMILES string of the molecule is CCC(NC(C)c1ccc(Cl)s1)c1ccc(C)cc1. The molecule has 102 valence electrons. The van der Waals surface area contributed by atoms with Crippen molar-refractivity contribution in [3.63, 3.8) is 0 Å². The van der Waals surface area contributed by atoms with E-state index in [0.717, 1.165) is 10.8 Å². The van der Waals surface area contributed by atoms with Gasteiger partial charge >= 0.3 is 0 Å². The van der Waals surface area contributed by atoms with E-state index < -0.39 is 0 Å². The zero-order chi connectivity index (χ0) is 13.8. The van der Waals surface area contributed by atoms with Gasteiger partial charge in [-0.05, 0) is 38.0 Å². The molecule has 0 fully saturated rings. The van der Waals surface area contributed by atoms with E-state index in [4.69, 9.17) is 11.6 Å². The summed E-state index contributed by atoms with van der Waals surface area (Å²) in [5, 5.41) is 3.68. The second-order valence-corrected chi connectivity index (χ2v) is 6.65. The number of halogens is 1. The number of nitrogens with one attached hydrogen (secondary N) is 1. The maximum Gasteiger partial charge on any atom is 0.0931 e. The van der Waals surface area contributed by atoms with Crippen molar-refractivity contribution in [1.82, 2.24) is 5.32 Å². The zero-order valence-corrected chi connectivity index (χ0v) is 13.2. The molecule has 1 heterocycles. The molecule has 2 unspecified atom stereocenters. The van der Waals surface area contributed by atoms with Gasteiger partial charge in [-0.1, -0.05) is 48.4 Å². The van der Waals surface area contributed by atoms with Gasteiger partial charge in [0.15, 0.2) is 0 Å². The van der Waals surface area contributed by atoms with Crippen LogP contribution in [0, 0.1) is 6.92 Å². The molecule has 3 heteroatoms. The Hall–Kier alpha value is -0.830. The zero-order valence-electron chi connectivity index (χ0n) is 11.6. The molecule has 19 heavy (non-hydrogen) atoms. The average molecular weight is 294 g/mol. The monoisotopic (exact) mass is 293 g/mol. The molecule has 2 aromatic rings. The van der Waals surface area contributed by atoms with E-state index in [1.54, 1.807) is 11.3 Å². The van der Waals surface area contributed by atoms with Gasteiger partial charge in [0.25, 0.3) is 0 Å². The normalized spacial score (nSPS) is 14.3. The van der Waals surface area contributed by atoms with E-state index in [1.165, 1.54) is 16.0 Å². The van der Waals surface area contributed by atoms with E-state index >= 15 is 0 Å². The number of hydrogen-bond donors (Lipinski definition) is 1. The fourth-order valence-corrected chi connectivity index (χ4v) is 3.27. The quantitative estimate of drug-likeness (QED) is 0.766. The van der Waals surface area contributed by atoms with E-state index in [0.29, 0.717) is 12.1 Å². The first-order chi connectivity index (χ1) is 9.10. The van der Waals surface area contributed by atoms with E-state index in [-0.39, 0.29) is 0 Å². The summed E-state index contributed by atoms with van der Waals surface area (Å²) in [5.41, 5.74) is 2.65. The predicted octanol–water partition coefficient (Wildman–Crippen LogP) is 5.51. The molecule has 2 atom stereocenters. The first kappa shape index (κ1) is 14.6. The Balaban J connectivity index is 2.08. The standard InChI is InChI=1S/C16H20ClNS/c1-4-14(13-7-5-11(2)6-8-13)18-12(3)15-9-10-16(17)19-15/h5-10,12,14,18H,4H2,1-3H3. The first-order valence-electron chi connectivity index (χ1n) is 6.68. The smallest absolute Gasteiger partial charge is 0.0931 e. The van der Waals surface area contributed by atoms with Crippen LogP contribution in [0.4, 0.5) is 0 Å². The minimum atomic E-state index is 0.323. The van der Waals surface area contributed by atoms with Crippen LogP contribution in [0.15, 0.2) is 36.4 Å². The summed E-state index contributed by atoms with van der Waals surface area (Å²) in [7, 11) is 0. The second kappa shape index (κ2) is 6.56. The van der Waals surface area contributed by atoms with E-state index in [9.17, 15) is 0 Å². The molecule has 0 aliphatic carbocycles. The van der Waals surface area contributed by atoms with Crippen LogP contribution in [-0.4, -0.2) is 0 Å². The molecule has 1 aromatic heterocycles. The summed E-state index contributed by atoms with van der Waals surface area (Å²) in [6, 6.07) is 13.5. The summed E-state index contributed by atoms with van der Waals surface area (Å²) >= 11 is 7.65. The molecule has 0 spiro atoms. The van der Waals surface area contributed by atoms with Crippen molar-refractivity contribution in [2.75, 3.05) is 0 Å². The van der Waals surface area contributed by atoms with Gasteiger partial charge in [0.05, 0.1) is 4.34 Å². The molecule has 0 aliphatic heterocycles. The molecule has 0 bridgehead atoms. The number of benzene rings is 1. The van der Waals surface area contributed by atoms with Gasteiger partial charge < -0.3 is 5.32 Å². The summed E-state index contributed by atoms with van der Waals surface area (Å²) in [5.74, 6) is 0. The lowest BCUT2D eigenvalue weighted by atomic mass is 10.0. The Morgan fingerprint density at radius 3 is 2.37 bits per heavy atom. The van der Waals surface area contributed by atoms with Crippen molar-refractivity contribution in [2.45, 2.75) is 39.3 Å².